The van der Waals surface area contributed by atoms with Gasteiger partial charge in [-0.25, -0.2) is 4.79 Å². The fraction of sp³-hybridized carbons (Fsp3) is 0.400. The third-order valence-electron chi connectivity index (χ3n) is 1.21. The normalized spacial score (nSPS) is 9.92. The molecular weight excluding hydrogens is 180 g/mol. The smallest absolute Gasteiger partial charge is 0.390 e. The van der Waals surface area contributed by atoms with Gasteiger partial charge >= 0.3 is 11.6 Å². The molecule has 0 fully saturated rings. The summed E-state index contributed by atoms with van der Waals surface area (Å²) in [7, 11) is 0. The van der Waals surface area contributed by atoms with Gasteiger partial charge in [-0.2, -0.15) is 4.98 Å². The van der Waals surface area contributed by atoms with Crippen LogP contribution in [0.15, 0.2) is 4.79 Å². The van der Waals surface area contributed by atoms with Crippen LogP contribution in [0, 0.1) is 10.1 Å². The van der Waals surface area contributed by atoms with E-state index in [-0.39, 0.29) is 12.3 Å². The average Bonchev–Trinajstić information content (AvgIpc) is 2.31. The van der Waals surface area contributed by atoms with Crippen molar-refractivity contribution in [3.8, 4) is 0 Å². The molecule has 0 atom stereocenters. The van der Waals surface area contributed by atoms with E-state index < -0.39 is 16.6 Å². The van der Waals surface area contributed by atoms with Gasteiger partial charge in [-0.1, -0.05) is 0 Å². The topological polar surface area (TPSA) is 111 Å². The molecule has 0 bridgehead atoms. The van der Waals surface area contributed by atoms with Crippen LogP contribution in [-0.2, 0) is 11.3 Å². The minimum Gasteiger partial charge on any atom is -0.390 e. The maximum Gasteiger partial charge on any atom is 0.457 e. The maximum atomic E-state index is 10.9. The number of nitrogens with zero attached hydrogens (tertiary/aromatic N) is 3. The summed E-state index contributed by atoms with van der Waals surface area (Å²) in [5.41, 5.74) is -0.762. The first-order valence-corrected chi connectivity index (χ1v) is 3.31. The van der Waals surface area contributed by atoms with Crippen LogP contribution in [0.25, 0.3) is 0 Å². The zero-order valence-electron chi connectivity index (χ0n) is 6.68. The Kier molecular flexibility index (Phi) is 2.22. The van der Waals surface area contributed by atoms with Gasteiger partial charge in [-0.05, 0) is 11.8 Å². The standard InChI is InChI=1S/C5H6N4O4/c1-3(10)2-8-5(11)6-4(7-8)9(12)13/h2H2,1H3,(H,6,7,11). The molecule has 0 saturated heterocycles. The van der Waals surface area contributed by atoms with Crippen molar-refractivity contribution in [2.45, 2.75) is 13.5 Å². The highest BCUT2D eigenvalue weighted by Crippen LogP contribution is 1.95. The molecule has 0 aliphatic heterocycles. The molecule has 13 heavy (non-hydrogen) atoms. The lowest BCUT2D eigenvalue weighted by atomic mass is 10.5. The van der Waals surface area contributed by atoms with Crippen molar-refractivity contribution in [3.05, 3.63) is 20.6 Å². The van der Waals surface area contributed by atoms with Gasteiger partial charge in [0.25, 0.3) is 0 Å². The number of ketones is 1. The van der Waals surface area contributed by atoms with E-state index in [0.29, 0.717) is 4.68 Å². The van der Waals surface area contributed by atoms with Crippen molar-refractivity contribution in [1.82, 2.24) is 14.8 Å². The van der Waals surface area contributed by atoms with Crippen LogP contribution in [0.4, 0.5) is 5.95 Å². The number of carbonyl (C=O) groups is 1. The molecule has 1 rings (SSSR count). The molecule has 0 radical (unpaired) electrons. The third-order valence-corrected chi connectivity index (χ3v) is 1.21. The first kappa shape index (κ1) is 9.10. The summed E-state index contributed by atoms with van der Waals surface area (Å²) in [6.45, 7) is 0.996. The predicted octanol–water partition coefficient (Wildman–Crippen LogP) is -0.931. The molecule has 0 aliphatic carbocycles. The quantitative estimate of drug-likeness (QED) is 0.484. The summed E-state index contributed by atoms with van der Waals surface area (Å²) in [6.07, 6.45) is 0. The van der Waals surface area contributed by atoms with E-state index in [2.05, 4.69) is 5.10 Å². The van der Waals surface area contributed by atoms with Gasteiger partial charge in [-0.3, -0.25) is 4.79 Å². The van der Waals surface area contributed by atoms with Crippen LogP contribution in [0.1, 0.15) is 6.92 Å². The SMILES string of the molecule is CC(=O)Cn1nc([N+](=O)[O-])[nH]c1=O. The van der Waals surface area contributed by atoms with Gasteiger partial charge in [0.1, 0.15) is 6.54 Å². The molecule has 1 aromatic rings. The highest BCUT2D eigenvalue weighted by atomic mass is 16.6. The lowest BCUT2D eigenvalue weighted by molar-refractivity contribution is -0.394. The third kappa shape index (κ3) is 1.98. The molecule has 0 saturated carbocycles. The lowest BCUT2D eigenvalue weighted by Crippen LogP contribution is -2.21. The molecule has 1 aromatic heterocycles. The van der Waals surface area contributed by atoms with Gasteiger partial charge < -0.3 is 10.1 Å². The Morgan fingerprint density at radius 1 is 1.77 bits per heavy atom. The Bertz CT molecular complexity index is 403. The second-order valence-corrected chi connectivity index (χ2v) is 2.37. The minimum absolute atomic E-state index is 0.261. The highest BCUT2D eigenvalue weighted by molar-refractivity contribution is 5.75. The monoisotopic (exact) mass is 186 g/mol. The van der Waals surface area contributed by atoms with E-state index in [0.717, 1.165) is 0 Å². The van der Waals surface area contributed by atoms with Crippen molar-refractivity contribution in [2.75, 3.05) is 0 Å². The number of aromatic nitrogens is 3. The summed E-state index contributed by atoms with van der Waals surface area (Å²) in [4.78, 5) is 32.6. The van der Waals surface area contributed by atoms with E-state index in [4.69, 9.17) is 0 Å². The van der Waals surface area contributed by atoms with Crippen LogP contribution in [-0.4, -0.2) is 25.5 Å². The van der Waals surface area contributed by atoms with Crippen LogP contribution < -0.4 is 5.69 Å². The van der Waals surface area contributed by atoms with Crippen molar-refractivity contribution in [3.63, 3.8) is 0 Å². The summed E-state index contributed by atoms with van der Waals surface area (Å²) in [5.74, 6) is -0.963. The molecule has 0 amide bonds. The molecule has 0 aliphatic rings. The molecule has 0 aromatic carbocycles. The summed E-state index contributed by atoms with van der Waals surface area (Å²) in [5, 5.41) is 13.4. The van der Waals surface area contributed by atoms with E-state index in [9.17, 15) is 19.7 Å². The zero-order chi connectivity index (χ0) is 10.0. The molecule has 0 unspecified atom stereocenters. The number of H-pyrrole nitrogens is 1. The van der Waals surface area contributed by atoms with E-state index in [1.807, 2.05) is 4.98 Å². The van der Waals surface area contributed by atoms with Crippen LogP contribution in [0.2, 0.25) is 0 Å². The number of hydrogen-bond donors (Lipinski definition) is 1. The first-order valence-electron chi connectivity index (χ1n) is 3.31. The Hall–Kier alpha value is -1.99. The maximum absolute atomic E-state index is 10.9. The number of rotatable bonds is 3. The number of nitrogens with one attached hydrogen (secondary N) is 1. The van der Waals surface area contributed by atoms with Crippen LogP contribution in [0.3, 0.4) is 0 Å². The number of nitro groups is 1. The van der Waals surface area contributed by atoms with Gasteiger partial charge in [0.15, 0.2) is 5.78 Å². The van der Waals surface area contributed by atoms with Gasteiger partial charge in [0.2, 0.25) is 0 Å². The fourth-order valence-electron chi connectivity index (χ4n) is 0.745. The Morgan fingerprint density at radius 2 is 2.38 bits per heavy atom. The molecule has 1 N–H and O–H groups in total. The summed E-state index contributed by atoms with van der Waals surface area (Å²) >= 11 is 0. The van der Waals surface area contributed by atoms with Gasteiger partial charge in [0.05, 0.1) is 0 Å². The van der Waals surface area contributed by atoms with Crippen molar-refractivity contribution < 1.29 is 9.72 Å². The van der Waals surface area contributed by atoms with Gasteiger partial charge in [-0.15, -0.1) is 4.68 Å². The number of carbonyl (C=O) groups excluding carboxylic acids is 1. The first-order chi connectivity index (χ1) is 6.00. The van der Waals surface area contributed by atoms with E-state index in [1.54, 1.807) is 0 Å². The second kappa shape index (κ2) is 3.17. The Balaban J connectivity index is 3.03. The fourth-order valence-corrected chi connectivity index (χ4v) is 0.745. The molecule has 1 heterocycles. The van der Waals surface area contributed by atoms with Crippen LogP contribution >= 0.6 is 0 Å². The molecule has 8 heteroatoms. The number of Topliss-reactive ketones (excluding diaryl/α,β-unsaturated/α-hetero) is 1. The zero-order valence-corrected chi connectivity index (χ0v) is 6.68. The van der Waals surface area contributed by atoms with Crippen molar-refractivity contribution >= 4 is 11.7 Å². The Morgan fingerprint density at radius 3 is 2.77 bits per heavy atom. The van der Waals surface area contributed by atoms with Crippen molar-refractivity contribution in [1.29, 1.82) is 0 Å². The molecule has 8 nitrogen and oxygen atoms in total. The largest absolute Gasteiger partial charge is 0.457 e. The average molecular weight is 186 g/mol. The highest BCUT2D eigenvalue weighted by Gasteiger charge is 2.15. The minimum atomic E-state index is -0.835. The predicted molar refractivity (Wildman–Crippen MR) is 40.2 cm³/mol. The van der Waals surface area contributed by atoms with E-state index in [1.165, 1.54) is 6.92 Å². The molecule has 0 spiro atoms. The van der Waals surface area contributed by atoms with Crippen LogP contribution in [0.5, 0.6) is 0 Å². The Labute approximate surface area is 71.3 Å². The van der Waals surface area contributed by atoms with Gasteiger partial charge in [0, 0.05) is 5.10 Å². The number of aromatic amines is 1. The van der Waals surface area contributed by atoms with Crippen molar-refractivity contribution in [2.24, 2.45) is 0 Å². The van der Waals surface area contributed by atoms with E-state index >= 15 is 0 Å². The summed E-state index contributed by atoms with van der Waals surface area (Å²) in [6, 6.07) is 0. The lowest BCUT2D eigenvalue weighted by Gasteiger charge is -1.87. The molecular formula is C5H6N4O4. The summed E-state index contributed by atoms with van der Waals surface area (Å²) < 4.78 is 0.709. The number of hydrogen-bond acceptors (Lipinski definition) is 5. The molecule has 70 valence electrons. The second-order valence-electron chi connectivity index (χ2n) is 2.37.